The Morgan fingerprint density at radius 3 is 2.19 bits per heavy atom. The number of halogens is 3. The maximum Gasteiger partial charge on any atom is 0.255 e. The first-order valence-corrected chi connectivity index (χ1v) is 8.40. The summed E-state index contributed by atoms with van der Waals surface area (Å²) in [4.78, 5) is 13.4. The molecular formula is C13H16ClF2NO3S. The van der Waals surface area contributed by atoms with E-state index >= 15 is 0 Å². The highest BCUT2D eigenvalue weighted by Gasteiger charge is 2.29. The van der Waals surface area contributed by atoms with Gasteiger partial charge in [-0.25, -0.2) is 17.2 Å². The van der Waals surface area contributed by atoms with Gasteiger partial charge in [-0.15, -0.1) is 0 Å². The van der Waals surface area contributed by atoms with Crippen LogP contribution in [0.3, 0.4) is 0 Å². The molecule has 0 aromatic heterocycles. The average molecular weight is 340 g/mol. The zero-order valence-electron chi connectivity index (χ0n) is 12.0. The molecule has 2 atom stereocenters. The van der Waals surface area contributed by atoms with Gasteiger partial charge in [0.1, 0.15) is 0 Å². The highest BCUT2D eigenvalue weighted by Crippen LogP contribution is 2.23. The third kappa shape index (κ3) is 3.91. The molecule has 0 bridgehead atoms. The number of carbonyl (C=O) groups excluding carboxylic acids is 1. The molecule has 0 saturated heterocycles. The predicted molar refractivity (Wildman–Crippen MR) is 77.2 cm³/mol. The van der Waals surface area contributed by atoms with Gasteiger partial charge in [-0.1, -0.05) is 11.6 Å². The van der Waals surface area contributed by atoms with E-state index in [4.69, 9.17) is 11.6 Å². The van der Waals surface area contributed by atoms with Crippen LogP contribution in [0.2, 0.25) is 5.02 Å². The topological polar surface area (TPSA) is 54.5 Å². The molecule has 1 amide bonds. The van der Waals surface area contributed by atoms with E-state index in [2.05, 4.69) is 0 Å². The number of nitrogens with zero attached hydrogens (tertiary/aromatic N) is 1. The summed E-state index contributed by atoms with van der Waals surface area (Å²) >= 11 is 5.74. The van der Waals surface area contributed by atoms with Crippen LogP contribution in [-0.2, 0) is 9.84 Å². The monoisotopic (exact) mass is 339 g/mol. The molecule has 8 heteroatoms. The Balaban J connectivity index is 3.12. The molecule has 0 aliphatic heterocycles. The van der Waals surface area contributed by atoms with E-state index in [0.717, 1.165) is 11.2 Å². The van der Waals surface area contributed by atoms with Crippen molar-refractivity contribution in [3.8, 4) is 0 Å². The van der Waals surface area contributed by atoms with Gasteiger partial charge >= 0.3 is 0 Å². The van der Waals surface area contributed by atoms with Gasteiger partial charge in [-0.05, 0) is 26.0 Å². The van der Waals surface area contributed by atoms with E-state index in [9.17, 15) is 22.0 Å². The maximum atomic E-state index is 13.2. The molecule has 118 valence electrons. The lowest BCUT2D eigenvalue weighted by Gasteiger charge is -2.29. The molecule has 0 saturated carbocycles. The summed E-state index contributed by atoms with van der Waals surface area (Å²) in [6, 6.07) is 0.758. The van der Waals surface area contributed by atoms with Crippen LogP contribution in [-0.4, -0.2) is 43.8 Å². The first kappa shape index (κ1) is 17.8. The molecular weight excluding hydrogens is 324 g/mol. The average Bonchev–Trinajstić information content (AvgIpc) is 2.38. The molecule has 1 aromatic carbocycles. The summed E-state index contributed by atoms with van der Waals surface area (Å²) in [5.41, 5.74) is -0.217. The van der Waals surface area contributed by atoms with Gasteiger partial charge in [-0.3, -0.25) is 4.79 Å². The zero-order chi connectivity index (χ0) is 16.5. The first-order valence-electron chi connectivity index (χ1n) is 6.07. The summed E-state index contributed by atoms with van der Waals surface area (Å²) in [7, 11) is -1.97. The fraction of sp³-hybridized carbons (Fsp3) is 0.462. The van der Waals surface area contributed by atoms with E-state index in [0.29, 0.717) is 12.1 Å². The molecule has 1 aromatic rings. The number of hydrogen-bond acceptors (Lipinski definition) is 3. The van der Waals surface area contributed by atoms with Gasteiger partial charge in [-0.2, -0.15) is 0 Å². The fourth-order valence-corrected chi connectivity index (χ4v) is 2.86. The van der Waals surface area contributed by atoms with Crippen molar-refractivity contribution in [2.45, 2.75) is 25.1 Å². The number of hydrogen-bond donors (Lipinski definition) is 0. The number of rotatable bonds is 4. The number of sulfone groups is 1. The summed E-state index contributed by atoms with van der Waals surface area (Å²) in [6.45, 7) is 3.02. The number of benzene rings is 1. The second-order valence-electron chi connectivity index (χ2n) is 4.94. The smallest absolute Gasteiger partial charge is 0.255 e. The van der Waals surface area contributed by atoms with Gasteiger partial charge in [0.05, 0.1) is 15.8 Å². The normalized spacial score (nSPS) is 14.6. The summed E-state index contributed by atoms with van der Waals surface area (Å²) in [6.07, 6.45) is 1.07. The van der Waals surface area contributed by atoms with E-state index in [1.807, 2.05) is 0 Å². The van der Waals surface area contributed by atoms with E-state index in [1.54, 1.807) is 6.92 Å². The molecule has 4 nitrogen and oxygen atoms in total. The standard InChI is InChI=1S/C13H16ClF2NO3S/c1-7(8(2)21(4,19)20)17(3)13(18)9-5-11(15)12(16)6-10(9)14/h5-8H,1-4H3. The van der Waals surface area contributed by atoms with Crippen LogP contribution in [0.4, 0.5) is 8.78 Å². The van der Waals surface area contributed by atoms with Crippen molar-refractivity contribution in [1.82, 2.24) is 4.90 Å². The van der Waals surface area contributed by atoms with Crippen molar-refractivity contribution < 1.29 is 22.0 Å². The lowest BCUT2D eigenvalue weighted by Crippen LogP contribution is -2.44. The van der Waals surface area contributed by atoms with Crippen molar-refractivity contribution in [1.29, 1.82) is 0 Å². The lowest BCUT2D eigenvalue weighted by atomic mass is 10.1. The maximum absolute atomic E-state index is 13.2. The highest BCUT2D eigenvalue weighted by atomic mass is 35.5. The largest absolute Gasteiger partial charge is 0.338 e. The molecule has 0 aliphatic carbocycles. The summed E-state index contributed by atoms with van der Waals surface area (Å²) < 4.78 is 49.3. The van der Waals surface area contributed by atoms with Gasteiger partial charge in [0.2, 0.25) is 0 Å². The molecule has 0 heterocycles. The Morgan fingerprint density at radius 2 is 1.71 bits per heavy atom. The highest BCUT2D eigenvalue weighted by molar-refractivity contribution is 7.91. The minimum absolute atomic E-state index is 0.217. The fourth-order valence-electron chi connectivity index (χ4n) is 1.73. The number of carbonyl (C=O) groups is 1. The van der Waals surface area contributed by atoms with Crippen LogP contribution < -0.4 is 0 Å². The van der Waals surface area contributed by atoms with Crippen molar-refractivity contribution >= 4 is 27.3 Å². The van der Waals surface area contributed by atoms with Crippen LogP contribution in [0, 0.1) is 11.6 Å². The van der Waals surface area contributed by atoms with Crippen molar-refractivity contribution in [3.05, 3.63) is 34.4 Å². The van der Waals surface area contributed by atoms with Crippen molar-refractivity contribution in [2.75, 3.05) is 13.3 Å². The second-order valence-corrected chi connectivity index (χ2v) is 7.75. The van der Waals surface area contributed by atoms with Gasteiger partial charge in [0, 0.05) is 19.3 Å². The first-order chi connectivity index (χ1) is 9.46. The molecule has 2 unspecified atom stereocenters. The molecule has 0 spiro atoms. The molecule has 0 fully saturated rings. The third-order valence-corrected chi connectivity index (χ3v) is 5.58. The Labute approximate surface area is 127 Å². The Morgan fingerprint density at radius 1 is 1.24 bits per heavy atom. The van der Waals surface area contributed by atoms with Crippen molar-refractivity contribution in [2.24, 2.45) is 0 Å². The second kappa shape index (κ2) is 6.27. The van der Waals surface area contributed by atoms with Gasteiger partial charge in [0.25, 0.3) is 5.91 Å². The lowest BCUT2D eigenvalue weighted by molar-refractivity contribution is 0.0742. The van der Waals surface area contributed by atoms with Crippen molar-refractivity contribution in [3.63, 3.8) is 0 Å². The Kier molecular flexibility index (Phi) is 5.33. The Hall–Kier alpha value is -1.21. The summed E-state index contributed by atoms with van der Waals surface area (Å²) in [5.74, 6) is -3.03. The SMILES string of the molecule is CC(C(C)S(C)(=O)=O)N(C)C(=O)c1cc(F)c(F)cc1Cl. The zero-order valence-corrected chi connectivity index (χ0v) is 13.6. The molecule has 0 N–H and O–H groups in total. The molecule has 1 rings (SSSR count). The van der Waals surface area contributed by atoms with Gasteiger partial charge in [0.15, 0.2) is 21.5 Å². The van der Waals surface area contributed by atoms with Crippen LogP contribution in [0.25, 0.3) is 0 Å². The Bertz CT molecular complexity index is 664. The summed E-state index contributed by atoms with van der Waals surface area (Å²) in [5, 5.41) is -1.04. The third-order valence-electron chi connectivity index (χ3n) is 3.53. The predicted octanol–water partition coefficient (Wildman–Crippen LogP) is 2.51. The van der Waals surface area contributed by atoms with E-state index < -0.39 is 38.7 Å². The molecule has 0 radical (unpaired) electrons. The van der Waals surface area contributed by atoms with Crippen LogP contribution in [0.1, 0.15) is 24.2 Å². The van der Waals surface area contributed by atoms with Gasteiger partial charge < -0.3 is 4.90 Å². The van der Waals surface area contributed by atoms with Crippen LogP contribution in [0.5, 0.6) is 0 Å². The quantitative estimate of drug-likeness (QED) is 0.792. The van der Waals surface area contributed by atoms with Crippen LogP contribution >= 0.6 is 11.6 Å². The molecule has 21 heavy (non-hydrogen) atoms. The number of amides is 1. The van der Waals surface area contributed by atoms with Crippen LogP contribution in [0.15, 0.2) is 12.1 Å². The minimum Gasteiger partial charge on any atom is -0.338 e. The van der Waals surface area contributed by atoms with E-state index in [-0.39, 0.29) is 10.6 Å². The molecule has 0 aliphatic rings. The minimum atomic E-state index is -3.35. The van der Waals surface area contributed by atoms with E-state index in [1.165, 1.54) is 14.0 Å².